The first kappa shape index (κ1) is 54.6. The molecule has 9 heteroatoms. The van der Waals surface area contributed by atoms with Gasteiger partial charge in [-0.2, -0.15) is 0 Å². The van der Waals surface area contributed by atoms with Gasteiger partial charge in [0.05, 0.1) is 19.5 Å². The number of unbranched alkanes of at least 4 members (excludes halogenated alkanes) is 28. The van der Waals surface area contributed by atoms with E-state index in [-0.39, 0.29) is 32.3 Å². The van der Waals surface area contributed by atoms with Crippen LogP contribution in [0.3, 0.4) is 0 Å². The number of phosphoric ester groups is 1. The fourth-order valence-corrected chi connectivity index (χ4v) is 7.32. The lowest BCUT2D eigenvalue weighted by Crippen LogP contribution is -2.25. The van der Waals surface area contributed by atoms with Gasteiger partial charge in [-0.05, 0) is 76.7 Å². The minimum atomic E-state index is -4.27. The zero-order chi connectivity index (χ0) is 40.9. The number of hydrogen-bond acceptors (Lipinski definition) is 7. The normalized spacial score (nSPS) is 13.6. The van der Waals surface area contributed by atoms with Gasteiger partial charge in [-0.1, -0.05) is 173 Å². The Morgan fingerprint density at radius 3 is 1.34 bits per heavy atom. The summed E-state index contributed by atoms with van der Waals surface area (Å²) in [5, 5.41) is 0. The van der Waals surface area contributed by atoms with Crippen molar-refractivity contribution in [2.75, 3.05) is 26.4 Å². The van der Waals surface area contributed by atoms with E-state index < -0.39 is 13.9 Å². The molecule has 0 aliphatic rings. The molecule has 0 radical (unpaired) electrons. The molecular weight excluding hydrogens is 721 g/mol. The van der Waals surface area contributed by atoms with Crippen LogP contribution in [0.4, 0.5) is 0 Å². The van der Waals surface area contributed by atoms with Crippen molar-refractivity contribution in [1.29, 1.82) is 0 Å². The molecule has 0 fully saturated rings. The van der Waals surface area contributed by atoms with Crippen LogP contribution in [0.1, 0.15) is 226 Å². The summed E-state index contributed by atoms with van der Waals surface area (Å²) in [5.41, 5.74) is 5.37. The lowest BCUT2D eigenvalue weighted by molar-refractivity contribution is -0.147. The van der Waals surface area contributed by atoms with Crippen LogP contribution in [0.2, 0.25) is 0 Å². The first-order chi connectivity index (χ1) is 27.4. The van der Waals surface area contributed by atoms with E-state index in [4.69, 9.17) is 24.3 Å². The Hall–Kier alpha value is -1.44. The van der Waals surface area contributed by atoms with E-state index in [9.17, 15) is 14.3 Å². The van der Waals surface area contributed by atoms with E-state index in [1.807, 2.05) is 6.08 Å². The average Bonchev–Trinajstić information content (AvgIpc) is 3.19. The third kappa shape index (κ3) is 43.7. The fraction of sp³-hybridized carbons (Fsp3) is 0.851. The maximum absolute atomic E-state index is 12.4. The number of allylic oxidation sites excluding steroid dienone is 5. The lowest BCUT2D eigenvalue weighted by atomic mass is 10.0. The van der Waals surface area contributed by atoms with E-state index in [1.165, 1.54) is 173 Å². The Bertz CT molecular complexity index is 957. The van der Waals surface area contributed by atoms with Crippen LogP contribution in [0.5, 0.6) is 0 Å². The Kier molecular flexibility index (Phi) is 43.5. The van der Waals surface area contributed by atoms with Gasteiger partial charge in [0.25, 0.3) is 0 Å². The summed E-state index contributed by atoms with van der Waals surface area (Å²) in [7, 11) is -4.27. The molecule has 0 saturated heterocycles. The van der Waals surface area contributed by atoms with E-state index in [0.717, 1.165) is 32.1 Å². The van der Waals surface area contributed by atoms with Crippen molar-refractivity contribution in [3.8, 4) is 0 Å². The number of carbonyl (C=O) groups is 1. The molecule has 0 rings (SSSR count). The van der Waals surface area contributed by atoms with Gasteiger partial charge >= 0.3 is 13.8 Å². The smallest absolute Gasteiger partial charge is 0.472 e. The number of esters is 1. The number of phosphoric acid groups is 1. The van der Waals surface area contributed by atoms with Crippen LogP contribution in [0.15, 0.2) is 36.6 Å². The second kappa shape index (κ2) is 44.7. The Labute approximate surface area is 346 Å². The zero-order valence-corrected chi connectivity index (χ0v) is 37.5. The van der Waals surface area contributed by atoms with Gasteiger partial charge in [-0.3, -0.25) is 13.8 Å². The minimum absolute atomic E-state index is 0.0654. The minimum Gasteiger partial charge on any atom is -0.492 e. The lowest BCUT2D eigenvalue weighted by Gasteiger charge is -2.19. The van der Waals surface area contributed by atoms with Crippen molar-refractivity contribution >= 4 is 13.8 Å². The number of nitrogens with two attached hydrogens (primary N) is 1. The second-order valence-electron chi connectivity index (χ2n) is 15.7. The predicted octanol–water partition coefficient (Wildman–Crippen LogP) is 14.5. The maximum atomic E-state index is 12.4. The van der Waals surface area contributed by atoms with Crippen molar-refractivity contribution in [2.24, 2.45) is 5.73 Å². The fourth-order valence-electron chi connectivity index (χ4n) is 6.56. The van der Waals surface area contributed by atoms with E-state index >= 15 is 0 Å². The Morgan fingerprint density at radius 1 is 0.536 bits per heavy atom. The highest BCUT2D eigenvalue weighted by molar-refractivity contribution is 7.47. The molecular formula is C47H90NO7P. The van der Waals surface area contributed by atoms with Gasteiger partial charge in [0, 0.05) is 13.0 Å². The largest absolute Gasteiger partial charge is 0.492 e. The maximum Gasteiger partial charge on any atom is 0.472 e. The molecule has 1 unspecified atom stereocenters. The zero-order valence-electron chi connectivity index (χ0n) is 36.6. The summed E-state index contributed by atoms with van der Waals surface area (Å²) in [4.78, 5) is 22.3. The van der Waals surface area contributed by atoms with E-state index in [1.54, 1.807) is 6.26 Å². The van der Waals surface area contributed by atoms with Crippen LogP contribution < -0.4 is 5.73 Å². The molecule has 8 nitrogen and oxygen atoms in total. The van der Waals surface area contributed by atoms with E-state index in [0.29, 0.717) is 6.42 Å². The van der Waals surface area contributed by atoms with Gasteiger partial charge in [0.2, 0.25) is 0 Å². The summed E-state index contributed by atoms with van der Waals surface area (Å²) in [6, 6.07) is 0. The topological polar surface area (TPSA) is 117 Å². The third-order valence-corrected chi connectivity index (χ3v) is 11.1. The van der Waals surface area contributed by atoms with Crippen LogP contribution in [0.25, 0.3) is 0 Å². The summed E-state index contributed by atoms with van der Waals surface area (Å²) < 4.78 is 33.3. The summed E-state index contributed by atoms with van der Waals surface area (Å²) in [5.74, 6) is -0.291. The number of rotatable bonds is 45. The van der Waals surface area contributed by atoms with Crippen LogP contribution in [-0.4, -0.2) is 43.3 Å². The van der Waals surface area contributed by atoms with Gasteiger partial charge in [-0.15, -0.1) is 0 Å². The number of ether oxygens (including phenoxy) is 2. The third-order valence-electron chi connectivity index (χ3n) is 10.1. The Balaban J connectivity index is 4.00. The van der Waals surface area contributed by atoms with Crippen molar-refractivity contribution in [2.45, 2.75) is 232 Å². The first-order valence-corrected chi connectivity index (χ1v) is 25.0. The van der Waals surface area contributed by atoms with Crippen molar-refractivity contribution in [1.82, 2.24) is 0 Å². The first-order valence-electron chi connectivity index (χ1n) is 23.5. The molecule has 56 heavy (non-hydrogen) atoms. The van der Waals surface area contributed by atoms with Crippen molar-refractivity contribution < 1.29 is 32.8 Å². The molecule has 0 aromatic carbocycles. The Morgan fingerprint density at radius 2 is 0.911 bits per heavy atom. The average molecular weight is 812 g/mol. The van der Waals surface area contributed by atoms with Crippen LogP contribution >= 0.6 is 7.82 Å². The molecule has 2 atom stereocenters. The van der Waals surface area contributed by atoms with Gasteiger partial charge < -0.3 is 20.1 Å². The second-order valence-corrected chi connectivity index (χ2v) is 17.1. The van der Waals surface area contributed by atoms with Crippen LogP contribution in [-0.2, 0) is 27.9 Å². The molecule has 0 aromatic heterocycles. The monoisotopic (exact) mass is 812 g/mol. The molecule has 0 aromatic rings. The summed E-state index contributed by atoms with van der Waals surface area (Å²) >= 11 is 0. The van der Waals surface area contributed by atoms with Gasteiger partial charge in [-0.25, -0.2) is 4.57 Å². The van der Waals surface area contributed by atoms with Gasteiger partial charge in [0.15, 0.2) is 6.10 Å². The number of hydrogen-bond donors (Lipinski definition) is 2. The highest BCUT2D eigenvalue weighted by Crippen LogP contribution is 2.43. The summed E-state index contributed by atoms with van der Waals surface area (Å²) in [6.45, 7) is 4.22. The molecule has 330 valence electrons. The predicted molar refractivity (Wildman–Crippen MR) is 238 cm³/mol. The van der Waals surface area contributed by atoms with Crippen molar-refractivity contribution in [3.05, 3.63) is 36.6 Å². The molecule has 0 saturated carbocycles. The molecule has 0 heterocycles. The highest BCUT2D eigenvalue weighted by Gasteiger charge is 2.24. The highest BCUT2D eigenvalue weighted by atomic mass is 31.2. The van der Waals surface area contributed by atoms with Crippen molar-refractivity contribution in [3.63, 3.8) is 0 Å². The number of carbonyl (C=O) groups excluding carboxylic acids is 1. The standard InChI is InChI=1S/C47H90NO7P/c1-3-5-7-9-11-13-15-17-19-21-22-23-24-25-26-28-30-32-34-36-38-40-47(49)53-44-46(45-55-56(50,51)54-43-41-48)52-42-39-37-35-33-31-29-27-20-18-16-14-12-10-8-6-4-2/h14,16-17,19,39,42,46H,3-13,15,18,20-38,40-41,43-45,48H2,1-2H3,(H,50,51)/t46-/m1/s1. The molecule has 0 spiro atoms. The molecule has 3 N–H and O–H groups in total. The van der Waals surface area contributed by atoms with E-state index in [2.05, 4.69) is 38.2 Å². The molecule has 0 amide bonds. The SMILES string of the molecule is CCCCCCC=CCCCCCCCCC=CO[C@H](COC(=O)CCCCCCCCCCCCCC=CCCCCCCCC)COP(=O)(O)OCCN. The van der Waals surface area contributed by atoms with Gasteiger partial charge in [0.1, 0.15) is 6.61 Å². The van der Waals surface area contributed by atoms with Crippen LogP contribution in [0, 0.1) is 0 Å². The molecule has 0 aliphatic heterocycles. The molecule has 0 aliphatic carbocycles. The molecule has 0 bridgehead atoms. The summed E-state index contributed by atoms with van der Waals surface area (Å²) in [6.07, 6.45) is 52.7. The quantitative estimate of drug-likeness (QED) is 0.0205.